The zero-order valence-corrected chi connectivity index (χ0v) is 14.1. The number of hydrogen-bond donors (Lipinski definition) is 1. The maximum atomic E-state index is 12.3. The number of carbonyl (C=O) groups is 1. The van der Waals surface area contributed by atoms with E-state index in [1.807, 2.05) is 13.8 Å². The lowest BCUT2D eigenvalue weighted by atomic mass is 10.1. The Balaban J connectivity index is 2.22. The quantitative estimate of drug-likeness (QED) is 0.650. The van der Waals surface area contributed by atoms with Crippen LogP contribution in [0.4, 0.5) is 11.4 Å². The first-order chi connectivity index (χ1) is 11.3. The third-order valence-corrected chi connectivity index (χ3v) is 3.38. The molecule has 2 rings (SSSR count). The first kappa shape index (κ1) is 17.7. The Morgan fingerprint density at radius 2 is 2.08 bits per heavy atom. The van der Waals surface area contributed by atoms with Crippen molar-refractivity contribution in [2.75, 3.05) is 5.32 Å². The number of nitro groups is 1. The maximum Gasteiger partial charge on any atom is 0.288 e. The Hall–Kier alpha value is -2.67. The van der Waals surface area contributed by atoms with E-state index < -0.39 is 10.8 Å². The summed E-state index contributed by atoms with van der Waals surface area (Å²) in [4.78, 5) is 26.4. The van der Waals surface area contributed by atoms with Crippen molar-refractivity contribution in [2.24, 2.45) is 0 Å². The number of rotatable bonds is 5. The number of nitrogens with zero attached hydrogens (tertiary/aromatic N) is 2. The SMILES string of the molecule is Cc1ncc([N+](=O)[O-])cc1C(=O)Nc1ccc(OC(C)C)c(Cl)c1. The number of halogens is 1. The number of aryl methyl sites for hydroxylation is 1. The molecule has 0 bridgehead atoms. The molecule has 7 nitrogen and oxygen atoms in total. The Labute approximate surface area is 143 Å². The molecular formula is C16H16ClN3O4. The molecule has 24 heavy (non-hydrogen) atoms. The van der Waals surface area contributed by atoms with Crippen molar-refractivity contribution in [3.8, 4) is 5.75 Å². The van der Waals surface area contributed by atoms with Crippen molar-refractivity contribution < 1.29 is 14.5 Å². The predicted octanol–water partition coefficient (Wildman–Crippen LogP) is 3.99. The second-order valence-corrected chi connectivity index (χ2v) is 5.76. The van der Waals surface area contributed by atoms with Gasteiger partial charge in [0.2, 0.25) is 0 Å². The molecule has 0 aliphatic heterocycles. The highest BCUT2D eigenvalue weighted by Crippen LogP contribution is 2.29. The summed E-state index contributed by atoms with van der Waals surface area (Å²) in [5.74, 6) is 0.00940. The van der Waals surface area contributed by atoms with Gasteiger partial charge in [-0.05, 0) is 39.0 Å². The minimum absolute atomic E-state index is 0.0264. The number of amides is 1. The molecule has 1 N–H and O–H groups in total. The summed E-state index contributed by atoms with van der Waals surface area (Å²) in [5, 5.41) is 13.8. The molecule has 0 saturated heterocycles. The van der Waals surface area contributed by atoms with Crippen LogP contribution in [0.15, 0.2) is 30.5 Å². The summed E-state index contributed by atoms with van der Waals surface area (Å²) in [7, 11) is 0. The summed E-state index contributed by atoms with van der Waals surface area (Å²) >= 11 is 6.12. The highest BCUT2D eigenvalue weighted by Gasteiger charge is 2.16. The van der Waals surface area contributed by atoms with Crippen molar-refractivity contribution in [3.05, 3.63) is 56.9 Å². The highest BCUT2D eigenvalue weighted by atomic mass is 35.5. The van der Waals surface area contributed by atoms with E-state index in [0.717, 1.165) is 6.20 Å². The van der Waals surface area contributed by atoms with Gasteiger partial charge in [0.05, 0.1) is 27.3 Å². The lowest BCUT2D eigenvalue weighted by Gasteiger charge is -2.13. The standard InChI is InChI=1S/C16H16ClN3O4/c1-9(2)24-15-5-4-11(6-14(15)17)19-16(21)13-7-12(20(22)23)8-18-10(13)3/h4-9H,1-3H3,(H,19,21). The number of anilines is 1. The van der Waals surface area contributed by atoms with E-state index >= 15 is 0 Å². The van der Waals surface area contributed by atoms with Crippen molar-refractivity contribution in [1.29, 1.82) is 0 Å². The van der Waals surface area contributed by atoms with Gasteiger partial charge in [-0.3, -0.25) is 19.9 Å². The fourth-order valence-electron chi connectivity index (χ4n) is 1.98. The monoisotopic (exact) mass is 349 g/mol. The van der Waals surface area contributed by atoms with E-state index in [0.29, 0.717) is 22.2 Å². The molecule has 1 aromatic heterocycles. The topological polar surface area (TPSA) is 94.4 Å². The van der Waals surface area contributed by atoms with Crippen LogP contribution < -0.4 is 10.1 Å². The van der Waals surface area contributed by atoms with Crippen LogP contribution in [0.1, 0.15) is 29.9 Å². The van der Waals surface area contributed by atoms with Crippen LogP contribution in [0.3, 0.4) is 0 Å². The van der Waals surface area contributed by atoms with Crippen LogP contribution in [-0.2, 0) is 0 Å². The fourth-order valence-corrected chi connectivity index (χ4v) is 2.20. The Morgan fingerprint density at radius 1 is 1.38 bits per heavy atom. The molecule has 1 amide bonds. The van der Waals surface area contributed by atoms with Gasteiger partial charge in [0.25, 0.3) is 11.6 Å². The lowest BCUT2D eigenvalue weighted by Crippen LogP contribution is -2.14. The number of benzene rings is 1. The molecule has 0 fully saturated rings. The van der Waals surface area contributed by atoms with Crippen LogP contribution >= 0.6 is 11.6 Å². The van der Waals surface area contributed by atoms with E-state index in [1.54, 1.807) is 25.1 Å². The molecule has 1 aromatic carbocycles. The summed E-state index contributed by atoms with van der Waals surface area (Å²) in [6.45, 7) is 5.36. The van der Waals surface area contributed by atoms with E-state index in [4.69, 9.17) is 16.3 Å². The number of nitrogens with one attached hydrogen (secondary N) is 1. The maximum absolute atomic E-state index is 12.3. The van der Waals surface area contributed by atoms with Crippen LogP contribution in [0, 0.1) is 17.0 Å². The van der Waals surface area contributed by atoms with Gasteiger partial charge >= 0.3 is 0 Å². The minimum atomic E-state index is -0.599. The summed E-state index contributed by atoms with van der Waals surface area (Å²) in [5.41, 5.74) is 0.725. The summed E-state index contributed by atoms with van der Waals surface area (Å²) in [6.07, 6.45) is 1.09. The molecule has 1 heterocycles. The summed E-state index contributed by atoms with van der Waals surface area (Å²) in [6, 6.07) is 6.03. The predicted molar refractivity (Wildman–Crippen MR) is 90.8 cm³/mol. The van der Waals surface area contributed by atoms with Gasteiger partial charge in [0.15, 0.2) is 0 Å². The first-order valence-electron chi connectivity index (χ1n) is 7.16. The molecule has 0 atom stereocenters. The van der Waals surface area contributed by atoms with E-state index in [2.05, 4.69) is 10.3 Å². The van der Waals surface area contributed by atoms with Gasteiger partial charge in [0, 0.05) is 11.8 Å². The van der Waals surface area contributed by atoms with E-state index in [-0.39, 0.29) is 17.4 Å². The summed E-state index contributed by atoms with van der Waals surface area (Å²) < 4.78 is 5.52. The van der Waals surface area contributed by atoms with E-state index in [1.165, 1.54) is 6.07 Å². The van der Waals surface area contributed by atoms with Crippen molar-refractivity contribution >= 4 is 28.9 Å². The third-order valence-electron chi connectivity index (χ3n) is 3.08. The number of carbonyl (C=O) groups excluding carboxylic acids is 1. The van der Waals surface area contributed by atoms with Crippen molar-refractivity contribution in [2.45, 2.75) is 26.9 Å². The minimum Gasteiger partial charge on any atom is -0.489 e. The molecule has 0 aliphatic rings. The second kappa shape index (κ2) is 7.27. The zero-order valence-electron chi connectivity index (χ0n) is 13.4. The molecular weight excluding hydrogens is 334 g/mol. The molecule has 0 unspecified atom stereocenters. The Bertz CT molecular complexity index is 793. The van der Waals surface area contributed by atoms with Gasteiger partial charge in [-0.1, -0.05) is 11.6 Å². The smallest absolute Gasteiger partial charge is 0.288 e. The van der Waals surface area contributed by atoms with Crippen LogP contribution in [0.5, 0.6) is 5.75 Å². The van der Waals surface area contributed by atoms with Crippen LogP contribution in [0.25, 0.3) is 0 Å². The largest absolute Gasteiger partial charge is 0.489 e. The Kier molecular flexibility index (Phi) is 5.35. The zero-order chi connectivity index (χ0) is 17.9. The molecule has 0 spiro atoms. The van der Waals surface area contributed by atoms with Crippen molar-refractivity contribution in [3.63, 3.8) is 0 Å². The van der Waals surface area contributed by atoms with Gasteiger partial charge in [-0.15, -0.1) is 0 Å². The number of aromatic nitrogens is 1. The number of ether oxygens (including phenoxy) is 1. The molecule has 0 saturated carbocycles. The lowest BCUT2D eigenvalue weighted by molar-refractivity contribution is -0.385. The van der Waals surface area contributed by atoms with Crippen molar-refractivity contribution in [1.82, 2.24) is 4.98 Å². The number of pyridine rings is 1. The average molecular weight is 350 g/mol. The molecule has 0 radical (unpaired) electrons. The molecule has 2 aromatic rings. The van der Waals surface area contributed by atoms with Gasteiger partial charge in [-0.25, -0.2) is 0 Å². The first-order valence-corrected chi connectivity index (χ1v) is 7.54. The fraction of sp³-hybridized carbons (Fsp3) is 0.250. The van der Waals surface area contributed by atoms with Crippen LogP contribution in [-0.4, -0.2) is 21.9 Å². The highest BCUT2D eigenvalue weighted by molar-refractivity contribution is 6.32. The normalized spacial score (nSPS) is 10.5. The van der Waals surface area contributed by atoms with E-state index in [9.17, 15) is 14.9 Å². The molecule has 0 aliphatic carbocycles. The Morgan fingerprint density at radius 3 is 2.67 bits per heavy atom. The average Bonchev–Trinajstić information content (AvgIpc) is 2.49. The second-order valence-electron chi connectivity index (χ2n) is 5.35. The van der Waals surface area contributed by atoms with Gasteiger partial charge in [-0.2, -0.15) is 0 Å². The van der Waals surface area contributed by atoms with Gasteiger partial charge < -0.3 is 10.1 Å². The number of hydrogen-bond acceptors (Lipinski definition) is 5. The van der Waals surface area contributed by atoms with Gasteiger partial charge in [0.1, 0.15) is 11.9 Å². The molecule has 8 heteroatoms. The third kappa shape index (κ3) is 4.20. The van der Waals surface area contributed by atoms with Crippen LogP contribution in [0.2, 0.25) is 5.02 Å². The molecule has 126 valence electrons.